The average molecular weight is 665 g/mol. The number of sulfonamides is 1. The molecule has 2 N–H and O–H groups in total. The van der Waals surface area contributed by atoms with Gasteiger partial charge < -0.3 is 25.0 Å². The number of benzene rings is 2. The monoisotopic (exact) mass is 664 g/mol. The molecule has 246 valence electrons. The Morgan fingerprint density at radius 3 is 2.58 bits per heavy atom. The van der Waals surface area contributed by atoms with Crippen LogP contribution in [0.3, 0.4) is 0 Å². The summed E-state index contributed by atoms with van der Waals surface area (Å²) in [5.74, 6) is -0.943. The normalized spacial score (nSPS) is 26.7. The van der Waals surface area contributed by atoms with Gasteiger partial charge in [0.05, 0.1) is 12.9 Å². The minimum absolute atomic E-state index is 0.100. The molecule has 0 aliphatic carbocycles. The number of piperazine rings is 1. The number of carbonyl (C=O) groups excluding carboxylic acids is 2. The van der Waals surface area contributed by atoms with E-state index >= 15 is 4.39 Å². The van der Waals surface area contributed by atoms with Crippen molar-refractivity contribution in [3.8, 4) is 0 Å². The highest BCUT2D eigenvalue weighted by Gasteiger charge is 2.49. The van der Waals surface area contributed by atoms with E-state index in [2.05, 4.69) is 15.5 Å². The SMILES string of the molecule is COC(=O)N[C@H](C(=O)Nc1cccc(F)c1CC[C@@]1(C)CN(C)C2CCCS(=O)(=O)N1C2)C1(c2ccc(Cl)cc2)CCOCC1. The van der Waals surface area contributed by atoms with Crippen molar-refractivity contribution in [2.24, 2.45) is 0 Å². The second kappa shape index (κ2) is 13.5. The lowest BCUT2D eigenvalue weighted by atomic mass is 9.68. The summed E-state index contributed by atoms with van der Waals surface area (Å²) >= 11 is 6.17. The number of nitrogens with zero attached hydrogens (tertiary/aromatic N) is 2. The number of likely N-dealkylation sites (N-methyl/N-ethyl adjacent to an activating group) is 1. The van der Waals surface area contributed by atoms with Gasteiger partial charge in [-0.1, -0.05) is 29.8 Å². The van der Waals surface area contributed by atoms with Crippen molar-refractivity contribution in [2.45, 2.75) is 68.5 Å². The number of carbonyl (C=O) groups is 2. The molecule has 2 bridgehead atoms. The Morgan fingerprint density at radius 1 is 1.18 bits per heavy atom. The predicted octanol–water partition coefficient (Wildman–Crippen LogP) is 4.32. The number of hydrogen-bond donors (Lipinski definition) is 2. The molecule has 3 aliphatic rings. The van der Waals surface area contributed by atoms with Crippen LogP contribution in [0.1, 0.15) is 50.2 Å². The molecule has 0 aromatic heterocycles. The molecule has 13 heteroatoms. The number of alkyl carbamates (subject to hydrolysis) is 1. The Labute approximate surface area is 269 Å². The molecule has 0 radical (unpaired) electrons. The van der Waals surface area contributed by atoms with Crippen LogP contribution in [-0.4, -0.2) is 93.5 Å². The quantitative estimate of drug-likeness (QED) is 0.432. The molecule has 2 aromatic rings. The third-order valence-electron chi connectivity index (χ3n) is 9.82. The predicted molar refractivity (Wildman–Crippen MR) is 170 cm³/mol. The van der Waals surface area contributed by atoms with Gasteiger partial charge >= 0.3 is 6.09 Å². The van der Waals surface area contributed by atoms with Crippen molar-refractivity contribution in [1.82, 2.24) is 14.5 Å². The van der Waals surface area contributed by atoms with Gasteiger partial charge in [-0.2, -0.15) is 4.31 Å². The molecule has 0 saturated carbocycles. The first-order valence-corrected chi connectivity index (χ1v) is 17.3. The highest BCUT2D eigenvalue weighted by atomic mass is 35.5. The van der Waals surface area contributed by atoms with Crippen LogP contribution in [0, 0.1) is 5.82 Å². The number of anilines is 1. The van der Waals surface area contributed by atoms with E-state index in [0.29, 0.717) is 57.0 Å². The first kappa shape index (κ1) is 33.6. The number of halogens is 2. The summed E-state index contributed by atoms with van der Waals surface area (Å²) in [6.07, 6.45) is 2.06. The number of amides is 2. The van der Waals surface area contributed by atoms with E-state index in [-0.39, 0.29) is 29.5 Å². The second-order valence-electron chi connectivity index (χ2n) is 12.7. The van der Waals surface area contributed by atoms with Crippen molar-refractivity contribution >= 4 is 39.3 Å². The largest absolute Gasteiger partial charge is 0.453 e. The summed E-state index contributed by atoms with van der Waals surface area (Å²) < 4.78 is 54.2. The number of methoxy groups -OCH3 is 1. The minimum Gasteiger partial charge on any atom is -0.453 e. The van der Waals surface area contributed by atoms with E-state index in [1.165, 1.54) is 19.2 Å². The summed E-state index contributed by atoms with van der Waals surface area (Å²) in [5.41, 5.74) is -0.273. The Bertz CT molecular complexity index is 1500. The zero-order valence-corrected chi connectivity index (χ0v) is 27.6. The van der Waals surface area contributed by atoms with E-state index < -0.39 is 44.8 Å². The summed E-state index contributed by atoms with van der Waals surface area (Å²) in [5, 5.41) is 6.18. The summed E-state index contributed by atoms with van der Waals surface area (Å²) in [6, 6.07) is 10.7. The first-order valence-electron chi connectivity index (χ1n) is 15.4. The number of rotatable bonds is 8. The molecule has 45 heavy (non-hydrogen) atoms. The number of ether oxygens (including phenoxy) is 2. The van der Waals surface area contributed by atoms with Crippen LogP contribution in [0.15, 0.2) is 42.5 Å². The minimum atomic E-state index is -3.47. The van der Waals surface area contributed by atoms with E-state index in [9.17, 15) is 18.0 Å². The van der Waals surface area contributed by atoms with Crippen molar-refractivity contribution in [2.75, 3.05) is 51.5 Å². The zero-order valence-electron chi connectivity index (χ0n) is 26.0. The third-order valence-corrected chi connectivity index (χ3v) is 12.1. The molecule has 5 rings (SSSR count). The molecule has 3 aliphatic heterocycles. The number of fused-ring (bicyclic) bond motifs is 2. The fourth-order valence-corrected chi connectivity index (χ4v) is 9.39. The van der Waals surface area contributed by atoms with E-state index in [0.717, 1.165) is 12.0 Å². The van der Waals surface area contributed by atoms with Crippen LogP contribution in [0.5, 0.6) is 0 Å². The highest BCUT2D eigenvalue weighted by molar-refractivity contribution is 7.89. The van der Waals surface area contributed by atoms with Gasteiger partial charge in [-0.25, -0.2) is 17.6 Å². The number of hydrogen-bond acceptors (Lipinski definition) is 7. The van der Waals surface area contributed by atoms with Crippen LogP contribution >= 0.6 is 11.6 Å². The Morgan fingerprint density at radius 2 is 1.89 bits per heavy atom. The maximum atomic E-state index is 15.5. The van der Waals surface area contributed by atoms with Crippen molar-refractivity contribution in [3.05, 3.63) is 64.4 Å². The van der Waals surface area contributed by atoms with Gasteiger partial charge in [0.1, 0.15) is 11.9 Å². The second-order valence-corrected chi connectivity index (χ2v) is 15.1. The smallest absolute Gasteiger partial charge is 0.407 e. The summed E-state index contributed by atoms with van der Waals surface area (Å²) in [4.78, 5) is 29.0. The van der Waals surface area contributed by atoms with Gasteiger partial charge in [-0.3, -0.25) is 4.79 Å². The van der Waals surface area contributed by atoms with Crippen LogP contribution < -0.4 is 10.6 Å². The van der Waals surface area contributed by atoms with Gasteiger partial charge in [0.2, 0.25) is 15.9 Å². The molecule has 2 unspecified atom stereocenters. The van der Waals surface area contributed by atoms with E-state index in [1.54, 1.807) is 22.5 Å². The molecule has 4 atom stereocenters. The topological polar surface area (TPSA) is 117 Å². The molecule has 2 aromatic carbocycles. The molecule has 2 amide bonds. The lowest BCUT2D eigenvalue weighted by Gasteiger charge is -2.49. The summed E-state index contributed by atoms with van der Waals surface area (Å²) in [6.45, 7) is 3.58. The van der Waals surface area contributed by atoms with Crippen LogP contribution in [-0.2, 0) is 36.1 Å². The van der Waals surface area contributed by atoms with Crippen molar-refractivity contribution in [3.63, 3.8) is 0 Å². The molecular formula is C32H42ClFN4O6S. The van der Waals surface area contributed by atoms with Gasteiger partial charge in [-0.05, 0) is 82.3 Å². The maximum Gasteiger partial charge on any atom is 0.407 e. The zero-order chi connectivity index (χ0) is 32.4. The van der Waals surface area contributed by atoms with Gasteiger partial charge in [0, 0.05) is 59.6 Å². The molecule has 10 nitrogen and oxygen atoms in total. The molecule has 0 spiro atoms. The van der Waals surface area contributed by atoms with Crippen LogP contribution in [0.4, 0.5) is 14.9 Å². The van der Waals surface area contributed by atoms with E-state index in [4.69, 9.17) is 21.1 Å². The van der Waals surface area contributed by atoms with Crippen molar-refractivity contribution < 1.29 is 31.9 Å². The molecule has 3 heterocycles. The van der Waals surface area contributed by atoms with Gasteiger partial charge in [0.25, 0.3) is 0 Å². The summed E-state index contributed by atoms with van der Waals surface area (Å²) in [7, 11) is -0.233. The standard InChI is InChI=1S/C32H42ClFN4O6S/c1-31(21-37(2)24-6-5-19-45(41,42)38(31)20-24)14-13-25-26(34)7-4-8-27(25)35-29(39)28(36-30(40)43-3)32(15-17-44-18-16-32)22-9-11-23(33)12-10-22/h4,7-12,24,28H,5-6,13-21H2,1-3H3,(H,35,39)(H,36,40)/t24?,28-,31+/m1/s1. The van der Waals surface area contributed by atoms with Crippen LogP contribution in [0.25, 0.3) is 0 Å². The molecule has 3 saturated heterocycles. The lowest BCUT2D eigenvalue weighted by Crippen LogP contribution is -2.64. The maximum absolute atomic E-state index is 15.5. The fraction of sp³-hybridized carbons (Fsp3) is 0.562. The Balaban J connectivity index is 1.44. The highest BCUT2D eigenvalue weighted by Crippen LogP contribution is 2.40. The Hall–Kier alpha value is -2.77. The molecule has 3 fully saturated rings. The molecular weight excluding hydrogens is 623 g/mol. The fourth-order valence-electron chi connectivity index (χ4n) is 7.29. The van der Waals surface area contributed by atoms with Gasteiger partial charge in [0.15, 0.2) is 0 Å². The average Bonchev–Trinajstić information content (AvgIpc) is 3.16. The van der Waals surface area contributed by atoms with Crippen LogP contribution in [0.2, 0.25) is 5.02 Å². The van der Waals surface area contributed by atoms with Gasteiger partial charge in [-0.15, -0.1) is 0 Å². The lowest BCUT2D eigenvalue weighted by molar-refractivity contribution is -0.121. The third kappa shape index (κ3) is 7.00. The first-order chi connectivity index (χ1) is 21.4. The Kier molecular flexibility index (Phi) is 10.1. The van der Waals surface area contributed by atoms with E-state index in [1.807, 2.05) is 26.1 Å². The number of nitrogens with one attached hydrogen (secondary N) is 2. The van der Waals surface area contributed by atoms with Crippen molar-refractivity contribution in [1.29, 1.82) is 0 Å².